The second-order valence-corrected chi connectivity index (χ2v) is 7.38. The molecular formula is C19H24N2O2S. The molecule has 1 aliphatic rings. The predicted octanol–water partition coefficient (Wildman–Crippen LogP) is 3.48. The van der Waals surface area contributed by atoms with E-state index in [0.717, 1.165) is 31.2 Å². The SMILES string of the molecule is O=C(N[C@H](Cc1ccccc1)[C@H](O)c1nccs1)C1CCCCC1. The lowest BCUT2D eigenvalue weighted by atomic mass is 9.88. The highest BCUT2D eigenvalue weighted by Crippen LogP contribution is 2.26. The van der Waals surface area contributed by atoms with Crippen LogP contribution in [0.25, 0.3) is 0 Å². The van der Waals surface area contributed by atoms with E-state index in [1.807, 2.05) is 35.7 Å². The van der Waals surface area contributed by atoms with E-state index in [9.17, 15) is 9.90 Å². The third kappa shape index (κ3) is 4.42. The third-order valence-electron chi connectivity index (χ3n) is 4.69. The Balaban J connectivity index is 1.72. The minimum atomic E-state index is -0.780. The Hall–Kier alpha value is -1.72. The molecule has 2 aromatic rings. The molecule has 0 unspecified atom stereocenters. The van der Waals surface area contributed by atoms with Crippen LogP contribution in [-0.4, -0.2) is 22.0 Å². The number of hydrogen-bond donors (Lipinski definition) is 2. The van der Waals surface area contributed by atoms with Crippen LogP contribution in [0.1, 0.15) is 48.8 Å². The molecular weight excluding hydrogens is 320 g/mol. The van der Waals surface area contributed by atoms with Crippen LogP contribution < -0.4 is 5.32 Å². The summed E-state index contributed by atoms with van der Waals surface area (Å²) in [6.45, 7) is 0. The average molecular weight is 344 g/mol. The number of rotatable bonds is 6. The number of nitrogens with zero attached hydrogens (tertiary/aromatic N) is 1. The van der Waals surface area contributed by atoms with E-state index in [4.69, 9.17) is 0 Å². The Morgan fingerprint density at radius 1 is 1.25 bits per heavy atom. The van der Waals surface area contributed by atoms with Crippen LogP contribution in [0, 0.1) is 5.92 Å². The van der Waals surface area contributed by atoms with Crippen LogP contribution in [0.5, 0.6) is 0 Å². The summed E-state index contributed by atoms with van der Waals surface area (Å²) in [5.41, 5.74) is 1.10. The molecule has 4 nitrogen and oxygen atoms in total. The van der Waals surface area contributed by atoms with Gasteiger partial charge in [0.2, 0.25) is 5.91 Å². The number of aromatic nitrogens is 1. The Morgan fingerprint density at radius 3 is 2.67 bits per heavy atom. The number of aliphatic hydroxyl groups is 1. The second kappa shape index (κ2) is 8.40. The van der Waals surface area contributed by atoms with E-state index in [2.05, 4.69) is 10.3 Å². The molecule has 5 heteroatoms. The summed E-state index contributed by atoms with van der Waals surface area (Å²) in [7, 11) is 0. The van der Waals surface area contributed by atoms with Gasteiger partial charge >= 0.3 is 0 Å². The van der Waals surface area contributed by atoms with Gasteiger partial charge in [-0.25, -0.2) is 4.98 Å². The van der Waals surface area contributed by atoms with Gasteiger partial charge in [-0.2, -0.15) is 0 Å². The molecule has 0 radical (unpaired) electrons. The first-order valence-corrected chi connectivity index (χ1v) is 9.54. The average Bonchev–Trinajstić information content (AvgIpc) is 3.17. The molecule has 1 heterocycles. The summed E-state index contributed by atoms with van der Waals surface area (Å²) >= 11 is 1.42. The fourth-order valence-corrected chi connectivity index (χ4v) is 4.01. The van der Waals surface area contributed by atoms with Crippen molar-refractivity contribution in [2.75, 3.05) is 0 Å². The summed E-state index contributed by atoms with van der Waals surface area (Å²) in [6.07, 6.45) is 6.88. The van der Waals surface area contributed by atoms with Crippen molar-refractivity contribution < 1.29 is 9.90 Å². The van der Waals surface area contributed by atoms with E-state index >= 15 is 0 Å². The van der Waals surface area contributed by atoms with Crippen molar-refractivity contribution in [2.45, 2.75) is 50.7 Å². The number of thiazole rings is 1. The van der Waals surface area contributed by atoms with Gasteiger partial charge in [-0.15, -0.1) is 11.3 Å². The third-order valence-corrected chi connectivity index (χ3v) is 5.53. The molecule has 0 aliphatic heterocycles. The number of benzene rings is 1. The number of aliphatic hydroxyl groups excluding tert-OH is 1. The first-order chi connectivity index (χ1) is 11.7. The molecule has 0 bridgehead atoms. The van der Waals surface area contributed by atoms with Crippen molar-refractivity contribution in [1.82, 2.24) is 10.3 Å². The van der Waals surface area contributed by atoms with E-state index in [1.165, 1.54) is 17.8 Å². The first kappa shape index (κ1) is 17.1. The number of nitrogens with one attached hydrogen (secondary N) is 1. The highest BCUT2D eigenvalue weighted by atomic mass is 32.1. The van der Waals surface area contributed by atoms with Crippen molar-refractivity contribution in [2.24, 2.45) is 5.92 Å². The quantitative estimate of drug-likeness (QED) is 0.843. The van der Waals surface area contributed by atoms with Crippen molar-refractivity contribution in [1.29, 1.82) is 0 Å². The molecule has 1 amide bonds. The maximum Gasteiger partial charge on any atom is 0.223 e. The first-order valence-electron chi connectivity index (χ1n) is 8.66. The van der Waals surface area contributed by atoms with Gasteiger partial charge in [0.05, 0.1) is 6.04 Å². The van der Waals surface area contributed by atoms with Gasteiger partial charge in [0.15, 0.2) is 0 Å². The maximum absolute atomic E-state index is 12.6. The molecule has 128 valence electrons. The van der Waals surface area contributed by atoms with Gasteiger partial charge in [-0.1, -0.05) is 49.6 Å². The van der Waals surface area contributed by atoms with Crippen LogP contribution in [0.15, 0.2) is 41.9 Å². The van der Waals surface area contributed by atoms with Gasteiger partial charge in [0.1, 0.15) is 11.1 Å². The number of carbonyl (C=O) groups is 1. The number of hydrogen-bond acceptors (Lipinski definition) is 4. The van der Waals surface area contributed by atoms with Gasteiger partial charge < -0.3 is 10.4 Å². The van der Waals surface area contributed by atoms with E-state index in [0.29, 0.717) is 11.4 Å². The summed E-state index contributed by atoms with van der Waals surface area (Å²) in [5.74, 6) is 0.159. The van der Waals surface area contributed by atoms with Crippen LogP contribution in [-0.2, 0) is 11.2 Å². The molecule has 2 N–H and O–H groups in total. The molecule has 1 aliphatic carbocycles. The van der Waals surface area contributed by atoms with Gasteiger partial charge in [-0.3, -0.25) is 4.79 Å². The summed E-state index contributed by atoms with van der Waals surface area (Å²) in [6, 6.07) is 9.61. The standard InChI is InChI=1S/C19H24N2O2S/c22-17(19-20-11-12-24-19)16(13-14-7-3-1-4-8-14)21-18(23)15-9-5-2-6-10-15/h1,3-4,7-8,11-12,15-17,22H,2,5-6,9-10,13H2,(H,21,23)/t16-,17+/m1/s1. The Bertz CT molecular complexity index is 624. The lowest BCUT2D eigenvalue weighted by Gasteiger charge is -2.27. The molecule has 1 fully saturated rings. The highest BCUT2D eigenvalue weighted by Gasteiger charge is 2.28. The smallest absolute Gasteiger partial charge is 0.223 e. The van der Waals surface area contributed by atoms with E-state index in [1.54, 1.807) is 6.20 Å². The minimum Gasteiger partial charge on any atom is -0.384 e. The van der Waals surface area contributed by atoms with Crippen LogP contribution in [0.4, 0.5) is 0 Å². The van der Waals surface area contributed by atoms with Crippen LogP contribution in [0.2, 0.25) is 0 Å². The van der Waals surface area contributed by atoms with Crippen LogP contribution >= 0.6 is 11.3 Å². The molecule has 2 atom stereocenters. The second-order valence-electron chi connectivity index (χ2n) is 6.45. The molecule has 1 aromatic carbocycles. The van der Waals surface area contributed by atoms with Crippen molar-refractivity contribution in [3.8, 4) is 0 Å². The number of amides is 1. The van der Waals surface area contributed by atoms with Crippen molar-refractivity contribution in [3.05, 3.63) is 52.5 Å². The van der Waals surface area contributed by atoms with Gasteiger partial charge in [0, 0.05) is 17.5 Å². The largest absolute Gasteiger partial charge is 0.384 e. The zero-order valence-electron chi connectivity index (χ0n) is 13.7. The molecule has 24 heavy (non-hydrogen) atoms. The number of carbonyl (C=O) groups excluding carboxylic acids is 1. The Labute approximate surface area is 146 Å². The molecule has 1 saturated carbocycles. The zero-order chi connectivity index (χ0) is 16.8. The van der Waals surface area contributed by atoms with Crippen LogP contribution in [0.3, 0.4) is 0 Å². The zero-order valence-corrected chi connectivity index (χ0v) is 14.5. The summed E-state index contributed by atoms with van der Waals surface area (Å²) in [4.78, 5) is 16.8. The topological polar surface area (TPSA) is 62.2 Å². The highest BCUT2D eigenvalue weighted by molar-refractivity contribution is 7.09. The molecule has 1 aromatic heterocycles. The van der Waals surface area contributed by atoms with Crippen molar-refractivity contribution in [3.63, 3.8) is 0 Å². The van der Waals surface area contributed by atoms with Gasteiger partial charge in [0.25, 0.3) is 0 Å². The monoisotopic (exact) mass is 344 g/mol. The van der Waals surface area contributed by atoms with Crippen molar-refractivity contribution >= 4 is 17.2 Å². The van der Waals surface area contributed by atoms with Gasteiger partial charge in [-0.05, 0) is 24.8 Å². The molecule has 0 spiro atoms. The Morgan fingerprint density at radius 2 is 2.00 bits per heavy atom. The Kier molecular flexibility index (Phi) is 5.99. The lowest BCUT2D eigenvalue weighted by molar-refractivity contribution is -0.127. The predicted molar refractivity (Wildman–Crippen MR) is 95.7 cm³/mol. The fraction of sp³-hybridized carbons (Fsp3) is 0.474. The maximum atomic E-state index is 12.6. The summed E-state index contributed by atoms with van der Waals surface area (Å²) in [5, 5.41) is 16.3. The fourth-order valence-electron chi connectivity index (χ4n) is 3.33. The van der Waals surface area contributed by atoms with E-state index in [-0.39, 0.29) is 17.9 Å². The molecule has 3 rings (SSSR count). The van der Waals surface area contributed by atoms with E-state index < -0.39 is 6.10 Å². The normalized spacial score (nSPS) is 18.0. The minimum absolute atomic E-state index is 0.0752. The lowest BCUT2D eigenvalue weighted by Crippen LogP contribution is -2.44. The summed E-state index contributed by atoms with van der Waals surface area (Å²) < 4.78 is 0. The molecule has 0 saturated heterocycles.